The lowest BCUT2D eigenvalue weighted by atomic mass is 10.1. The monoisotopic (exact) mass is 415 g/mol. The van der Waals surface area contributed by atoms with Crippen molar-refractivity contribution in [3.63, 3.8) is 0 Å². The zero-order chi connectivity index (χ0) is 20.1. The average Bonchev–Trinajstić information content (AvgIpc) is 3.20. The van der Waals surface area contributed by atoms with E-state index < -0.39 is 15.9 Å². The number of hydrogen-bond donors (Lipinski definition) is 1. The molecule has 0 fully saturated rings. The van der Waals surface area contributed by atoms with Crippen molar-refractivity contribution in [2.45, 2.75) is 24.4 Å². The Labute approximate surface area is 165 Å². The number of aromatic nitrogens is 1. The van der Waals surface area contributed by atoms with Gasteiger partial charge in [0.05, 0.1) is 15.1 Å². The normalized spacial score (nSPS) is 14.9. The summed E-state index contributed by atoms with van der Waals surface area (Å²) < 4.78 is 24.1. The molecule has 28 heavy (non-hydrogen) atoms. The third-order valence-electron chi connectivity index (χ3n) is 4.71. The number of benzene rings is 2. The maximum Gasteiger partial charge on any atom is 0.255 e. The largest absolute Gasteiger partial charge is 0.323 e. The minimum atomic E-state index is -3.32. The first-order valence-corrected chi connectivity index (χ1v) is 11.3. The number of nitrogens with zero attached hydrogens (tertiary/aromatic N) is 2. The van der Waals surface area contributed by atoms with E-state index in [4.69, 9.17) is 0 Å². The van der Waals surface area contributed by atoms with Crippen molar-refractivity contribution in [3.8, 4) is 0 Å². The topological polar surface area (TPSA) is 96.4 Å². The molecule has 1 atom stereocenters. The molecule has 4 rings (SSSR count). The van der Waals surface area contributed by atoms with Gasteiger partial charge in [-0.15, -0.1) is 0 Å². The van der Waals surface area contributed by atoms with E-state index in [0.29, 0.717) is 27.5 Å². The van der Waals surface area contributed by atoms with Gasteiger partial charge in [-0.25, -0.2) is 13.4 Å². The first-order valence-electron chi connectivity index (χ1n) is 8.54. The first kappa shape index (κ1) is 18.6. The molecule has 1 aliphatic rings. The Morgan fingerprint density at radius 2 is 2.00 bits per heavy atom. The molecule has 0 spiro atoms. The van der Waals surface area contributed by atoms with Gasteiger partial charge in [-0.05, 0) is 36.8 Å². The van der Waals surface area contributed by atoms with Crippen molar-refractivity contribution in [2.75, 3.05) is 11.6 Å². The molecule has 2 aromatic carbocycles. The number of sulfone groups is 1. The molecule has 0 bridgehead atoms. The lowest BCUT2D eigenvalue weighted by molar-refractivity contribution is -0.120. The summed E-state index contributed by atoms with van der Waals surface area (Å²) >= 11 is 1.19. The van der Waals surface area contributed by atoms with E-state index in [1.54, 1.807) is 31.2 Å². The minimum Gasteiger partial charge on any atom is -0.323 e. The number of amides is 2. The summed E-state index contributed by atoms with van der Waals surface area (Å²) in [6, 6.07) is 11.3. The molecule has 1 N–H and O–H groups in total. The molecular weight excluding hydrogens is 398 g/mol. The maximum absolute atomic E-state index is 12.7. The number of nitrogens with one attached hydrogen (secondary N) is 1. The molecule has 3 aromatic rings. The van der Waals surface area contributed by atoms with Gasteiger partial charge >= 0.3 is 0 Å². The van der Waals surface area contributed by atoms with E-state index >= 15 is 0 Å². The molecule has 0 unspecified atom stereocenters. The van der Waals surface area contributed by atoms with E-state index in [1.165, 1.54) is 22.3 Å². The van der Waals surface area contributed by atoms with Gasteiger partial charge in [0, 0.05) is 18.4 Å². The number of carbonyl (C=O) groups is 2. The van der Waals surface area contributed by atoms with Crippen molar-refractivity contribution in [2.24, 2.45) is 0 Å². The second kappa shape index (κ2) is 6.68. The Hall–Kier alpha value is -2.78. The van der Waals surface area contributed by atoms with E-state index in [2.05, 4.69) is 10.3 Å². The third kappa shape index (κ3) is 3.27. The van der Waals surface area contributed by atoms with E-state index in [0.717, 1.165) is 11.8 Å². The lowest BCUT2D eigenvalue weighted by Crippen LogP contribution is -2.42. The van der Waals surface area contributed by atoms with E-state index in [-0.39, 0.29) is 16.7 Å². The molecular formula is C19H17N3O4S2. The van der Waals surface area contributed by atoms with Gasteiger partial charge in [0.1, 0.15) is 6.04 Å². The fourth-order valence-corrected chi connectivity index (χ4v) is 4.76. The van der Waals surface area contributed by atoms with Crippen LogP contribution in [0, 0.1) is 0 Å². The van der Waals surface area contributed by atoms with Gasteiger partial charge in [-0.1, -0.05) is 29.5 Å². The van der Waals surface area contributed by atoms with Gasteiger partial charge in [-0.3, -0.25) is 9.59 Å². The molecule has 0 radical (unpaired) electrons. The van der Waals surface area contributed by atoms with Crippen LogP contribution in [-0.2, 0) is 21.2 Å². The molecule has 7 nitrogen and oxygen atoms in total. The van der Waals surface area contributed by atoms with Crippen LogP contribution in [0.25, 0.3) is 10.2 Å². The molecule has 9 heteroatoms. The van der Waals surface area contributed by atoms with E-state index in [9.17, 15) is 18.0 Å². The molecule has 0 aliphatic carbocycles. The molecule has 1 aromatic heterocycles. The molecule has 2 heterocycles. The van der Waals surface area contributed by atoms with Gasteiger partial charge < -0.3 is 10.2 Å². The minimum absolute atomic E-state index is 0.166. The maximum atomic E-state index is 12.7. The smallest absolute Gasteiger partial charge is 0.255 e. The van der Waals surface area contributed by atoms with Crippen LogP contribution in [0.2, 0.25) is 0 Å². The van der Waals surface area contributed by atoms with Crippen LogP contribution in [0.3, 0.4) is 0 Å². The Morgan fingerprint density at radius 1 is 1.25 bits per heavy atom. The van der Waals surface area contributed by atoms with Crippen LogP contribution in [0.5, 0.6) is 0 Å². The van der Waals surface area contributed by atoms with Crippen molar-refractivity contribution < 1.29 is 18.0 Å². The molecule has 0 saturated carbocycles. The summed E-state index contributed by atoms with van der Waals surface area (Å²) in [5.41, 5.74) is 2.13. The van der Waals surface area contributed by atoms with Crippen molar-refractivity contribution in [1.29, 1.82) is 0 Å². The van der Waals surface area contributed by atoms with Crippen molar-refractivity contribution in [3.05, 3.63) is 53.6 Å². The predicted molar refractivity (Wildman–Crippen MR) is 107 cm³/mol. The highest BCUT2D eigenvalue weighted by atomic mass is 32.2. The second-order valence-corrected chi connectivity index (χ2v) is 9.72. The second-order valence-electron chi connectivity index (χ2n) is 6.68. The van der Waals surface area contributed by atoms with Crippen LogP contribution in [0.4, 0.5) is 5.13 Å². The highest BCUT2D eigenvalue weighted by Gasteiger charge is 2.33. The van der Waals surface area contributed by atoms with E-state index in [1.807, 2.05) is 12.1 Å². The predicted octanol–water partition coefficient (Wildman–Crippen LogP) is 2.68. The van der Waals surface area contributed by atoms with Gasteiger partial charge in [0.15, 0.2) is 15.0 Å². The number of thiazole rings is 1. The number of hydrogen-bond acceptors (Lipinski definition) is 6. The van der Waals surface area contributed by atoms with Crippen LogP contribution < -0.4 is 5.32 Å². The third-order valence-corrected chi connectivity index (χ3v) is 6.76. The summed E-state index contributed by atoms with van der Waals surface area (Å²) in [7, 11) is -3.32. The van der Waals surface area contributed by atoms with Gasteiger partial charge in [-0.2, -0.15) is 0 Å². The fourth-order valence-electron chi connectivity index (χ4n) is 3.13. The number of anilines is 1. The average molecular weight is 415 g/mol. The Kier molecular flexibility index (Phi) is 4.43. The Balaban J connectivity index is 1.53. The number of carbonyl (C=O) groups excluding carboxylic acids is 2. The highest BCUT2D eigenvalue weighted by Crippen LogP contribution is 2.29. The van der Waals surface area contributed by atoms with Crippen molar-refractivity contribution >= 4 is 48.3 Å². The first-order chi connectivity index (χ1) is 13.2. The summed E-state index contributed by atoms with van der Waals surface area (Å²) in [5, 5.41) is 3.10. The SMILES string of the molecule is C[C@@H](C(=O)Nc1nc2ccc(S(C)(=O)=O)cc2s1)N1Cc2ccccc2C1=O. The van der Waals surface area contributed by atoms with Crippen LogP contribution in [0.1, 0.15) is 22.8 Å². The Morgan fingerprint density at radius 3 is 2.71 bits per heavy atom. The van der Waals surface area contributed by atoms with Gasteiger partial charge in [0.25, 0.3) is 5.91 Å². The summed E-state index contributed by atoms with van der Waals surface area (Å²) in [4.78, 5) is 31.3. The molecule has 144 valence electrons. The highest BCUT2D eigenvalue weighted by molar-refractivity contribution is 7.90. The molecule has 1 aliphatic heterocycles. The molecule has 2 amide bonds. The lowest BCUT2D eigenvalue weighted by Gasteiger charge is -2.22. The summed E-state index contributed by atoms with van der Waals surface area (Å²) in [6.07, 6.45) is 1.14. The zero-order valence-electron chi connectivity index (χ0n) is 15.2. The van der Waals surface area contributed by atoms with Crippen LogP contribution >= 0.6 is 11.3 Å². The summed E-state index contributed by atoms with van der Waals surface area (Å²) in [6.45, 7) is 2.06. The Bertz CT molecular complexity index is 1220. The standard InChI is InChI=1S/C19H17N3O4S2/c1-11(22-10-12-5-3-4-6-14(12)18(22)24)17(23)21-19-20-15-8-7-13(28(2,25)26)9-16(15)27-19/h3-9,11H,10H2,1-2H3,(H,20,21,23)/t11-/m0/s1. The van der Waals surface area contributed by atoms with Crippen LogP contribution in [-0.4, -0.2) is 42.4 Å². The summed E-state index contributed by atoms with van der Waals surface area (Å²) in [5.74, 6) is -0.510. The van der Waals surface area contributed by atoms with Crippen LogP contribution in [0.15, 0.2) is 47.4 Å². The fraction of sp³-hybridized carbons (Fsp3) is 0.211. The van der Waals surface area contributed by atoms with Gasteiger partial charge in [0.2, 0.25) is 5.91 Å². The van der Waals surface area contributed by atoms with Crippen molar-refractivity contribution in [1.82, 2.24) is 9.88 Å². The molecule has 0 saturated heterocycles. The zero-order valence-corrected chi connectivity index (χ0v) is 16.8. The number of fused-ring (bicyclic) bond motifs is 2. The number of rotatable bonds is 4. The quantitative estimate of drug-likeness (QED) is 0.707.